The third-order valence-electron chi connectivity index (χ3n) is 4.01. The molecule has 0 aromatic carbocycles. The smallest absolute Gasteiger partial charge is 0.258 e. The second-order valence-corrected chi connectivity index (χ2v) is 5.22. The largest absolute Gasteiger partial charge is 0.383 e. The Hall–Kier alpha value is -2.23. The highest BCUT2D eigenvalue weighted by molar-refractivity contribution is 6.06. The van der Waals surface area contributed by atoms with Crippen LogP contribution in [0, 0.1) is 5.41 Å². The van der Waals surface area contributed by atoms with Crippen molar-refractivity contribution in [3.63, 3.8) is 0 Å². The van der Waals surface area contributed by atoms with Crippen LogP contribution < -0.4 is 5.73 Å². The van der Waals surface area contributed by atoms with Crippen LogP contribution in [0.4, 0.5) is 0 Å². The van der Waals surface area contributed by atoms with Crippen molar-refractivity contribution in [3.05, 3.63) is 53.9 Å². The molecule has 1 fully saturated rings. The summed E-state index contributed by atoms with van der Waals surface area (Å²) in [4.78, 5) is 20.8. The first-order chi connectivity index (χ1) is 10.1. The molecule has 2 N–H and O–H groups in total. The molecule has 1 amide bonds. The van der Waals surface area contributed by atoms with Gasteiger partial charge in [-0.2, -0.15) is 4.99 Å². The summed E-state index contributed by atoms with van der Waals surface area (Å²) in [5.41, 5.74) is 7.15. The van der Waals surface area contributed by atoms with Crippen molar-refractivity contribution in [2.75, 3.05) is 0 Å². The molecule has 1 aromatic heterocycles. The van der Waals surface area contributed by atoms with E-state index >= 15 is 0 Å². The zero-order valence-electron chi connectivity index (χ0n) is 12.5. The quantitative estimate of drug-likeness (QED) is 0.524. The highest BCUT2D eigenvalue weighted by Crippen LogP contribution is 2.48. The Bertz CT molecular complexity index is 596. The number of aromatic nitrogens is 1. The number of nitrogens with two attached hydrogens (primary N) is 1. The average molecular weight is 283 g/mol. The van der Waals surface area contributed by atoms with Crippen molar-refractivity contribution >= 4 is 11.7 Å². The number of amides is 1. The SMILES string of the molecule is CC=CC(=CC)C1(C(=O)N=C(N)c2cccnc2)CCC1. The van der Waals surface area contributed by atoms with Gasteiger partial charge in [-0.15, -0.1) is 0 Å². The summed E-state index contributed by atoms with van der Waals surface area (Å²) >= 11 is 0. The third-order valence-corrected chi connectivity index (χ3v) is 4.01. The van der Waals surface area contributed by atoms with Crippen LogP contribution >= 0.6 is 0 Å². The van der Waals surface area contributed by atoms with Crippen molar-refractivity contribution in [1.82, 2.24) is 4.98 Å². The number of carbonyl (C=O) groups excluding carboxylic acids is 1. The molecule has 0 atom stereocenters. The predicted octanol–water partition coefficient (Wildman–Crippen LogP) is 3.01. The Labute approximate surface area is 125 Å². The molecule has 2 rings (SSSR count). The van der Waals surface area contributed by atoms with E-state index in [0.717, 1.165) is 24.8 Å². The molecule has 0 bridgehead atoms. The van der Waals surface area contributed by atoms with Crippen molar-refractivity contribution in [2.24, 2.45) is 16.1 Å². The predicted molar refractivity (Wildman–Crippen MR) is 84.8 cm³/mol. The lowest BCUT2D eigenvalue weighted by Gasteiger charge is -2.40. The summed E-state index contributed by atoms with van der Waals surface area (Å²) in [6.07, 6.45) is 11.9. The number of rotatable bonds is 4. The number of allylic oxidation sites excluding steroid dienone is 3. The molecule has 0 saturated heterocycles. The summed E-state index contributed by atoms with van der Waals surface area (Å²) in [5.74, 6) is 0.0802. The second kappa shape index (κ2) is 6.48. The van der Waals surface area contributed by atoms with Crippen LogP contribution in [0.3, 0.4) is 0 Å². The van der Waals surface area contributed by atoms with Crippen LogP contribution in [0.2, 0.25) is 0 Å². The normalized spacial score (nSPS) is 18.6. The molecule has 1 aliphatic carbocycles. The third kappa shape index (κ3) is 2.94. The van der Waals surface area contributed by atoms with Gasteiger partial charge in [0.05, 0.1) is 5.41 Å². The summed E-state index contributed by atoms with van der Waals surface area (Å²) < 4.78 is 0. The van der Waals surface area contributed by atoms with E-state index in [9.17, 15) is 4.79 Å². The van der Waals surface area contributed by atoms with E-state index in [1.54, 1.807) is 24.5 Å². The fourth-order valence-corrected chi connectivity index (χ4v) is 2.66. The lowest BCUT2D eigenvalue weighted by Crippen LogP contribution is -2.39. The lowest BCUT2D eigenvalue weighted by atomic mass is 9.63. The van der Waals surface area contributed by atoms with E-state index in [0.29, 0.717) is 5.56 Å². The first kappa shape index (κ1) is 15.2. The van der Waals surface area contributed by atoms with Crippen LogP contribution in [-0.4, -0.2) is 16.7 Å². The standard InChI is InChI=1S/C17H21N3O/c1-3-7-14(4-2)17(9-6-10-17)16(21)20-15(18)13-8-5-11-19-12-13/h3-5,7-8,11-12H,6,9-10H2,1-2H3,(H2,18,20,21). The number of hydrogen-bond acceptors (Lipinski definition) is 2. The van der Waals surface area contributed by atoms with E-state index < -0.39 is 5.41 Å². The lowest BCUT2D eigenvalue weighted by molar-refractivity contribution is -0.129. The van der Waals surface area contributed by atoms with Gasteiger partial charge in [-0.25, -0.2) is 0 Å². The van der Waals surface area contributed by atoms with Crippen LogP contribution in [0.25, 0.3) is 0 Å². The van der Waals surface area contributed by atoms with E-state index in [2.05, 4.69) is 9.98 Å². The molecule has 0 spiro atoms. The molecular formula is C17H21N3O. The summed E-state index contributed by atoms with van der Waals surface area (Å²) in [6, 6.07) is 3.58. The number of carbonyl (C=O) groups is 1. The Morgan fingerprint density at radius 1 is 1.43 bits per heavy atom. The molecule has 1 saturated carbocycles. The second-order valence-electron chi connectivity index (χ2n) is 5.22. The Morgan fingerprint density at radius 2 is 2.19 bits per heavy atom. The Balaban J connectivity index is 2.29. The van der Waals surface area contributed by atoms with Crippen LogP contribution in [0.5, 0.6) is 0 Å². The molecule has 1 aliphatic rings. The number of hydrogen-bond donors (Lipinski definition) is 1. The van der Waals surface area contributed by atoms with Crippen LogP contribution in [0.15, 0.2) is 53.3 Å². The maximum absolute atomic E-state index is 12.6. The topological polar surface area (TPSA) is 68.3 Å². The first-order valence-corrected chi connectivity index (χ1v) is 7.22. The summed E-state index contributed by atoms with van der Waals surface area (Å²) in [6.45, 7) is 3.91. The molecule has 1 aromatic rings. The maximum atomic E-state index is 12.6. The van der Waals surface area contributed by atoms with Gasteiger partial charge in [0.1, 0.15) is 5.84 Å². The molecule has 0 aliphatic heterocycles. The summed E-state index contributed by atoms with van der Waals surface area (Å²) in [7, 11) is 0. The molecule has 4 heteroatoms. The number of aliphatic imine (C=N–C) groups is 1. The van der Waals surface area contributed by atoms with Gasteiger partial charge in [0.15, 0.2) is 0 Å². The van der Waals surface area contributed by atoms with Gasteiger partial charge in [0, 0.05) is 18.0 Å². The van der Waals surface area contributed by atoms with E-state index in [1.807, 2.05) is 32.1 Å². The molecular weight excluding hydrogens is 262 g/mol. The first-order valence-electron chi connectivity index (χ1n) is 7.22. The van der Waals surface area contributed by atoms with Gasteiger partial charge in [0.25, 0.3) is 5.91 Å². The highest BCUT2D eigenvalue weighted by Gasteiger charge is 2.46. The van der Waals surface area contributed by atoms with Gasteiger partial charge >= 0.3 is 0 Å². The van der Waals surface area contributed by atoms with Crippen molar-refractivity contribution in [3.8, 4) is 0 Å². The zero-order chi connectivity index (χ0) is 15.3. The van der Waals surface area contributed by atoms with Crippen molar-refractivity contribution < 1.29 is 4.79 Å². The average Bonchev–Trinajstić information content (AvgIpc) is 2.46. The molecule has 21 heavy (non-hydrogen) atoms. The maximum Gasteiger partial charge on any atom is 0.258 e. The van der Waals surface area contributed by atoms with Gasteiger partial charge in [0.2, 0.25) is 0 Å². The molecule has 4 nitrogen and oxygen atoms in total. The van der Waals surface area contributed by atoms with Crippen molar-refractivity contribution in [2.45, 2.75) is 33.1 Å². The number of amidine groups is 1. The van der Waals surface area contributed by atoms with Gasteiger partial charge in [-0.1, -0.05) is 24.6 Å². The van der Waals surface area contributed by atoms with Gasteiger partial charge in [-0.3, -0.25) is 9.78 Å². The van der Waals surface area contributed by atoms with Crippen LogP contribution in [-0.2, 0) is 4.79 Å². The summed E-state index contributed by atoms with van der Waals surface area (Å²) in [5, 5.41) is 0. The molecule has 1 heterocycles. The fourth-order valence-electron chi connectivity index (χ4n) is 2.66. The van der Waals surface area contributed by atoms with Crippen molar-refractivity contribution in [1.29, 1.82) is 0 Å². The molecule has 0 unspecified atom stereocenters. The minimum atomic E-state index is -0.492. The van der Waals surface area contributed by atoms with E-state index in [4.69, 9.17) is 5.73 Å². The number of pyridine rings is 1. The Morgan fingerprint density at radius 3 is 2.67 bits per heavy atom. The number of nitrogens with zero attached hydrogens (tertiary/aromatic N) is 2. The Kier molecular flexibility index (Phi) is 4.68. The highest BCUT2D eigenvalue weighted by atomic mass is 16.1. The molecule has 0 radical (unpaired) electrons. The van der Waals surface area contributed by atoms with E-state index in [1.165, 1.54) is 0 Å². The zero-order valence-corrected chi connectivity index (χ0v) is 12.5. The van der Waals surface area contributed by atoms with E-state index in [-0.39, 0.29) is 11.7 Å². The van der Waals surface area contributed by atoms with Gasteiger partial charge < -0.3 is 5.73 Å². The minimum absolute atomic E-state index is 0.152. The van der Waals surface area contributed by atoms with Crippen LogP contribution in [0.1, 0.15) is 38.7 Å². The fraction of sp³-hybridized carbons (Fsp3) is 0.353. The minimum Gasteiger partial charge on any atom is -0.383 e. The monoisotopic (exact) mass is 283 g/mol. The van der Waals surface area contributed by atoms with Gasteiger partial charge in [-0.05, 0) is 44.4 Å². The molecule has 110 valence electrons.